The number of ether oxygens (including phenoxy) is 1. The van der Waals surface area contributed by atoms with Crippen molar-refractivity contribution in [3.05, 3.63) is 30.3 Å². The quantitative estimate of drug-likeness (QED) is 0.532. The molecule has 2 N–H and O–H groups in total. The standard InChI is InChI=1S/C18H30N4O2S/c1-3-19-18(21-15-16(2)22-10-12-24-13-11-22)20-9-14-25(23)17-7-5-4-6-8-17/h4-8,16H,3,9-15H2,1-2H3,(H2,19,20,21). The predicted octanol–water partition coefficient (Wildman–Crippen LogP) is 1.07. The number of aliphatic imine (C=N–C) groups is 1. The fourth-order valence-corrected chi connectivity index (χ4v) is 3.63. The Hall–Kier alpha value is -1.44. The Labute approximate surface area is 153 Å². The normalized spacial score (nSPS) is 18.6. The number of guanidine groups is 1. The number of nitrogens with one attached hydrogen (secondary N) is 2. The van der Waals surface area contributed by atoms with E-state index >= 15 is 0 Å². The van der Waals surface area contributed by atoms with Crippen molar-refractivity contribution >= 4 is 16.8 Å². The van der Waals surface area contributed by atoms with E-state index in [1.54, 1.807) is 0 Å². The molecule has 1 aromatic rings. The van der Waals surface area contributed by atoms with Crippen molar-refractivity contribution in [3.63, 3.8) is 0 Å². The third kappa shape index (κ3) is 7.13. The molecule has 2 atom stereocenters. The molecular weight excluding hydrogens is 336 g/mol. The molecule has 0 radical (unpaired) electrons. The highest BCUT2D eigenvalue weighted by molar-refractivity contribution is 7.85. The van der Waals surface area contributed by atoms with Gasteiger partial charge in [0.15, 0.2) is 5.96 Å². The van der Waals surface area contributed by atoms with Crippen LogP contribution in [0.1, 0.15) is 13.8 Å². The van der Waals surface area contributed by atoms with Crippen LogP contribution in [-0.2, 0) is 15.5 Å². The van der Waals surface area contributed by atoms with Crippen LogP contribution in [0.15, 0.2) is 40.2 Å². The maximum Gasteiger partial charge on any atom is 0.191 e. The third-order valence-electron chi connectivity index (χ3n) is 4.11. The zero-order valence-electron chi connectivity index (χ0n) is 15.2. The second kappa shape index (κ2) is 11.2. The summed E-state index contributed by atoms with van der Waals surface area (Å²) in [6, 6.07) is 9.96. The fraction of sp³-hybridized carbons (Fsp3) is 0.611. The van der Waals surface area contributed by atoms with E-state index in [2.05, 4.69) is 27.4 Å². The molecule has 1 aliphatic rings. The average molecular weight is 367 g/mol. The number of benzene rings is 1. The summed E-state index contributed by atoms with van der Waals surface area (Å²) in [6.45, 7) is 9.95. The summed E-state index contributed by atoms with van der Waals surface area (Å²) < 4.78 is 17.6. The lowest BCUT2D eigenvalue weighted by atomic mass is 10.2. The SMILES string of the molecule is CCNC(=NCC(C)N1CCOCC1)NCCS(=O)c1ccccc1. The summed E-state index contributed by atoms with van der Waals surface area (Å²) in [4.78, 5) is 7.94. The molecule has 0 saturated carbocycles. The lowest BCUT2D eigenvalue weighted by Crippen LogP contribution is -2.44. The van der Waals surface area contributed by atoms with Crippen molar-refractivity contribution in [1.29, 1.82) is 0 Å². The molecule has 1 aromatic carbocycles. The van der Waals surface area contributed by atoms with Crippen LogP contribution in [-0.4, -0.2) is 72.8 Å². The smallest absolute Gasteiger partial charge is 0.191 e. The Morgan fingerprint density at radius 2 is 2.00 bits per heavy atom. The van der Waals surface area contributed by atoms with E-state index in [1.165, 1.54) is 0 Å². The molecule has 2 rings (SSSR count). The van der Waals surface area contributed by atoms with Gasteiger partial charge in [0.25, 0.3) is 0 Å². The van der Waals surface area contributed by atoms with Crippen molar-refractivity contribution in [1.82, 2.24) is 15.5 Å². The second-order valence-corrected chi connectivity index (χ2v) is 7.58. The Morgan fingerprint density at radius 3 is 2.68 bits per heavy atom. The van der Waals surface area contributed by atoms with Gasteiger partial charge in [-0.25, -0.2) is 0 Å². The van der Waals surface area contributed by atoms with Crippen molar-refractivity contribution in [2.75, 3.05) is 51.7 Å². The Kier molecular flexibility index (Phi) is 8.93. The van der Waals surface area contributed by atoms with Gasteiger partial charge in [0, 0.05) is 42.9 Å². The minimum Gasteiger partial charge on any atom is -0.379 e. The van der Waals surface area contributed by atoms with Gasteiger partial charge in [-0.05, 0) is 26.0 Å². The molecule has 25 heavy (non-hydrogen) atoms. The maximum atomic E-state index is 12.2. The number of rotatable bonds is 8. The van der Waals surface area contributed by atoms with Crippen molar-refractivity contribution < 1.29 is 8.95 Å². The van der Waals surface area contributed by atoms with Gasteiger partial charge in [-0.3, -0.25) is 14.1 Å². The molecule has 2 unspecified atom stereocenters. The van der Waals surface area contributed by atoms with Crippen molar-refractivity contribution in [3.8, 4) is 0 Å². The first-order chi connectivity index (χ1) is 12.2. The van der Waals surface area contributed by atoms with Gasteiger partial charge in [0.1, 0.15) is 0 Å². The lowest BCUT2D eigenvalue weighted by Gasteiger charge is -2.31. The van der Waals surface area contributed by atoms with Gasteiger partial charge in [-0.15, -0.1) is 0 Å². The van der Waals surface area contributed by atoms with Crippen LogP contribution >= 0.6 is 0 Å². The summed E-state index contributed by atoms with van der Waals surface area (Å²) in [5.74, 6) is 1.35. The summed E-state index contributed by atoms with van der Waals surface area (Å²) in [5.41, 5.74) is 0. The van der Waals surface area contributed by atoms with Gasteiger partial charge < -0.3 is 15.4 Å². The Morgan fingerprint density at radius 1 is 1.28 bits per heavy atom. The van der Waals surface area contributed by atoms with E-state index in [1.807, 2.05) is 37.3 Å². The molecule has 6 nitrogen and oxygen atoms in total. The van der Waals surface area contributed by atoms with Gasteiger partial charge in [-0.1, -0.05) is 18.2 Å². The summed E-state index contributed by atoms with van der Waals surface area (Å²) >= 11 is 0. The molecule has 7 heteroatoms. The van der Waals surface area contributed by atoms with E-state index in [9.17, 15) is 4.21 Å². The molecule has 0 aliphatic carbocycles. The molecule has 0 spiro atoms. The van der Waals surface area contributed by atoms with E-state index in [0.29, 0.717) is 18.3 Å². The van der Waals surface area contributed by atoms with Crippen LogP contribution in [0.2, 0.25) is 0 Å². The van der Waals surface area contributed by atoms with Gasteiger partial charge in [-0.2, -0.15) is 0 Å². The molecule has 1 heterocycles. The van der Waals surface area contributed by atoms with Crippen LogP contribution in [0.4, 0.5) is 0 Å². The van der Waals surface area contributed by atoms with E-state index in [4.69, 9.17) is 4.74 Å². The third-order valence-corrected chi connectivity index (χ3v) is 5.49. The van der Waals surface area contributed by atoms with Crippen molar-refractivity contribution in [2.45, 2.75) is 24.8 Å². The molecular formula is C18H30N4O2S. The number of hydrogen-bond donors (Lipinski definition) is 2. The van der Waals surface area contributed by atoms with Crippen LogP contribution in [0.5, 0.6) is 0 Å². The first kappa shape index (κ1) is 19.9. The van der Waals surface area contributed by atoms with E-state index in [0.717, 1.165) is 50.2 Å². The molecule has 1 saturated heterocycles. The van der Waals surface area contributed by atoms with Crippen molar-refractivity contribution in [2.24, 2.45) is 4.99 Å². The van der Waals surface area contributed by atoms with Gasteiger partial charge in [0.05, 0.1) is 30.6 Å². The number of morpholine rings is 1. The van der Waals surface area contributed by atoms with E-state index < -0.39 is 10.8 Å². The molecule has 0 aromatic heterocycles. The molecule has 140 valence electrons. The first-order valence-corrected chi connectivity index (χ1v) is 10.3. The minimum atomic E-state index is -0.988. The summed E-state index contributed by atoms with van der Waals surface area (Å²) in [7, 11) is -0.988. The molecule has 0 amide bonds. The Balaban J connectivity index is 1.77. The largest absolute Gasteiger partial charge is 0.379 e. The summed E-state index contributed by atoms with van der Waals surface area (Å²) in [6.07, 6.45) is 0. The summed E-state index contributed by atoms with van der Waals surface area (Å²) in [5, 5.41) is 6.53. The predicted molar refractivity (Wildman–Crippen MR) is 104 cm³/mol. The maximum absolute atomic E-state index is 12.2. The lowest BCUT2D eigenvalue weighted by molar-refractivity contribution is 0.0220. The fourth-order valence-electron chi connectivity index (χ4n) is 2.65. The zero-order chi connectivity index (χ0) is 17.9. The highest BCUT2D eigenvalue weighted by Crippen LogP contribution is 2.05. The molecule has 1 aliphatic heterocycles. The van der Waals surface area contributed by atoms with Gasteiger partial charge >= 0.3 is 0 Å². The topological polar surface area (TPSA) is 66.0 Å². The molecule has 0 bridgehead atoms. The average Bonchev–Trinajstić information content (AvgIpc) is 2.67. The highest BCUT2D eigenvalue weighted by atomic mass is 32.2. The van der Waals surface area contributed by atoms with Crippen LogP contribution < -0.4 is 10.6 Å². The van der Waals surface area contributed by atoms with Crippen LogP contribution in [0.25, 0.3) is 0 Å². The Bertz CT molecular complexity index is 547. The van der Waals surface area contributed by atoms with Gasteiger partial charge in [0.2, 0.25) is 0 Å². The van der Waals surface area contributed by atoms with Crippen LogP contribution in [0.3, 0.4) is 0 Å². The zero-order valence-corrected chi connectivity index (χ0v) is 16.1. The first-order valence-electron chi connectivity index (χ1n) is 8.98. The number of hydrogen-bond acceptors (Lipinski definition) is 4. The van der Waals surface area contributed by atoms with E-state index in [-0.39, 0.29) is 0 Å². The van der Waals surface area contributed by atoms with Crippen LogP contribution in [0, 0.1) is 0 Å². The highest BCUT2D eigenvalue weighted by Gasteiger charge is 2.16. The monoisotopic (exact) mass is 366 g/mol. The minimum absolute atomic E-state index is 0.387. The molecule has 1 fully saturated rings. The number of nitrogens with zero attached hydrogens (tertiary/aromatic N) is 2. The second-order valence-electron chi connectivity index (χ2n) is 6.01.